The number of H-pyrrole nitrogens is 1. The number of pyridine rings is 1. The Kier molecular flexibility index (Phi) is 5.24. The maximum Gasteiger partial charge on any atom is 0.229 e. The Morgan fingerprint density at radius 3 is 2.62 bits per heavy atom. The highest BCUT2D eigenvalue weighted by molar-refractivity contribution is 5.86. The fourth-order valence-corrected chi connectivity index (χ4v) is 5.55. The summed E-state index contributed by atoms with van der Waals surface area (Å²) in [5.41, 5.74) is 3.98. The molecule has 172 valence electrons. The molecule has 7 nitrogen and oxygen atoms in total. The third kappa shape index (κ3) is 3.71. The Bertz CT molecular complexity index is 1310. The zero-order chi connectivity index (χ0) is 23.0. The molecular formula is C27H28N6O. The van der Waals surface area contributed by atoms with Gasteiger partial charge in [0.05, 0.1) is 11.1 Å². The molecule has 7 heteroatoms. The van der Waals surface area contributed by atoms with Gasteiger partial charge in [-0.2, -0.15) is 0 Å². The maximum atomic E-state index is 13.7. The lowest BCUT2D eigenvalue weighted by Crippen LogP contribution is -2.53. The van der Waals surface area contributed by atoms with Gasteiger partial charge in [-0.3, -0.25) is 9.78 Å². The molecule has 34 heavy (non-hydrogen) atoms. The average Bonchev–Trinajstić information content (AvgIpc) is 3.31. The van der Waals surface area contributed by atoms with E-state index < -0.39 is 0 Å². The van der Waals surface area contributed by atoms with Gasteiger partial charge < -0.3 is 14.8 Å². The van der Waals surface area contributed by atoms with Gasteiger partial charge in [-0.15, -0.1) is 0 Å². The standard InChI is InChI=1S/C27H28N6O/c34-25-27(9-3-15-33(25)19-21-18-30-24-5-2-1-4-22(21)24)10-16-32(17-11-27)26-29-14-8-23(31-26)20-6-12-28-13-7-20/h1-2,4-8,12-14,18,30H,3,9-11,15-17,19H2. The van der Waals surface area contributed by atoms with Crippen molar-refractivity contribution in [2.24, 2.45) is 5.41 Å². The van der Waals surface area contributed by atoms with Crippen molar-refractivity contribution in [3.05, 3.63) is 72.8 Å². The average molecular weight is 453 g/mol. The predicted molar refractivity (Wildman–Crippen MR) is 132 cm³/mol. The van der Waals surface area contributed by atoms with Crippen LogP contribution in [-0.2, 0) is 11.3 Å². The zero-order valence-electron chi connectivity index (χ0n) is 19.2. The van der Waals surface area contributed by atoms with E-state index in [1.165, 1.54) is 10.9 Å². The number of carbonyl (C=O) groups is 1. The minimum absolute atomic E-state index is 0.260. The number of hydrogen-bond donors (Lipinski definition) is 1. The van der Waals surface area contributed by atoms with E-state index in [1.54, 1.807) is 12.4 Å². The lowest BCUT2D eigenvalue weighted by Gasteiger charge is -2.46. The van der Waals surface area contributed by atoms with Gasteiger partial charge >= 0.3 is 0 Å². The highest BCUT2D eigenvalue weighted by atomic mass is 16.2. The number of carbonyl (C=O) groups excluding carboxylic acids is 1. The number of nitrogens with one attached hydrogen (secondary N) is 1. The second-order valence-electron chi connectivity index (χ2n) is 9.43. The van der Waals surface area contributed by atoms with Gasteiger partial charge in [-0.1, -0.05) is 18.2 Å². The Morgan fingerprint density at radius 1 is 0.941 bits per heavy atom. The van der Waals surface area contributed by atoms with Crippen molar-refractivity contribution in [1.82, 2.24) is 24.8 Å². The first-order valence-electron chi connectivity index (χ1n) is 12.0. The molecule has 6 rings (SSSR count). The molecule has 0 atom stereocenters. The van der Waals surface area contributed by atoms with Crippen molar-refractivity contribution in [3.8, 4) is 11.3 Å². The molecule has 1 spiro atoms. The molecule has 1 amide bonds. The van der Waals surface area contributed by atoms with E-state index >= 15 is 0 Å². The lowest BCUT2D eigenvalue weighted by atomic mass is 9.71. The molecule has 5 heterocycles. The van der Waals surface area contributed by atoms with Gasteiger partial charge in [0.15, 0.2) is 0 Å². The SMILES string of the molecule is O=C1N(Cc2c[nH]c3ccccc23)CCCC12CCN(c1nccc(-c3ccncc3)n1)CC2. The third-order valence-electron chi connectivity index (χ3n) is 7.48. The van der Waals surface area contributed by atoms with E-state index in [4.69, 9.17) is 4.98 Å². The summed E-state index contributed by atoms with van der Waals surface area (Å²) in [6, 6.07) is 14.1. The fraction of sp³-hybridized carbons (Fsp3) is 0.333. The summed E-state index contributed by atoms with van der Waals surface area (Å²) >= 11 is 0. The van der Waals surface area contributed by atoms with E-state index in [9.17, 15) is 4.79 Å². The number of aromatic amines is 1. The summed E-state index contributed by atoms with van der Waals surface area (Å²) in [7, 11) is 0. The van der Waals surface area contributed by atoms with Crippen molar-refractivity contribution in [1.29, 1.82) is 0 Å². The molecule has 0 saturated carbocycles. The molecule has 2 saturated heterocycles. The normalized spacial score (nSPS) is 18.1. The molecule has 3 aromatic heterocycles. The third-order valence-corrected chi connectivity index (χ3v) is 7.48. The van der Waals surface area contributed by atoms with Crippen molar-refractivity contribution in [2.45, 2.75) is 32.2 Å². The van der Waals surface area contributed by atoms with Crippen LogP contribution in [0.2, 0.25) is 0 Å². The van der Waals surface area contributed by atoms with Gasteiger partial charge in [0.2, 0.25) is 11.9 Å². The highest BCUT2D eigenvalue weighted by Gasteiger charge is 2.46. The van der Waals surface area contributed by atoms with E-state index in [0.29, 0.717) is 12.5 Å². The molecule has 0 radical (unpaired) electrons. The van der Waals surface area contributed by atoms with Gasteiger partial charge in [0.1, 0.15) is 0 Å². The number of piperidine rings is 2. The van der Waals surface area contributed by atoms with Crippen LogP contribution in [0.15, 0.2) is 67.3 Å². The number of benzene rings is 1. The van der Waals surface area contributed by atoms with Gasteiger partial charge in [0, 0.05) is 67.4 Å². The minimum atomic E-state index is -0.260. The van der Waals surface area contributed by atoms with Crippen molar-refractivity contribution in [3.63, 3.8) is 0 Å². The van der Waals surface area contributed by atoms with Crippen molar-refractivity contribution >= 4 is 22.8 Å². The van der Waals surface area contributed by atoms with Crippen LogP contribution in [0.25, 0.3) is 22.2 Å². The summed E-state index contributed by atoms with van der Waals surface area (Å²) in [5, 5.41) is 1.20. The number of likely N-dealkylation sites (tertiary alicyclic amines) is 1. The number of amides is 1. The summed E-state index contributed by atoms with van der Waals surface area (Å²) in [4.78, 5) is 34.8. The molecule has 2 fully saturated rings. The molecule has 2 aliphatic rings. The first-order valence-corrected chi connectivity index (χ1v) is 12.0. The summed E-state index contributed by atoms with van der Waals surface area (Å²) in [5.74, 6) is 1.05. The molecular weight excluding hydrogens is 424 g/mol. The number of hydrogen-bond acceptors (Lipinski definition) is 5. The number of para-hydroxylation sites is 1. The highest BCUT2D eigenvalue weighted by Crippen LogP contribution is 2.42. The van der Waals surface area contributed by atoms with Crippen molar-refractivity contribution < 1.29 is 4.79 Å². The van der Waals surface area contributed by atoms with E-state index in [2.05, 4.69) is 49.1 Å². The van der Waals surface area contributed by atoms with E-state index in [0.717, 1.165) is 68.0 Å². The Hall–Kier alpha value is -3.74. The van der Waals surface area contributed by atoms with Crippen LogP contribution in [-0.4, -0.2) is 50.4 Å². The summed E-state index contributed by atoms with van der Waals surface area (Å²) in [6.07, 6.45) is 11.1. The Morgan fingerprint density at radius 2 is 1.76 bits per heavy atom. The summed E-state index contributed by atoms with van der Waals surface area (Å²) < 4.78 is 0. The van der Waals surface area contributed by atoms with E-state index in [1.807, 2.05) is 30.5 Å². The number of anilines is 1. The van der Waals surface area contributed by atoms with Crippen LogP contribution in [0.1, 0.15) is 31.2 Å². The monoisotopic (exact) mass is 452 g/mol. The lowest BCUT2D eigenvalue weighted by molar-refractivity contribution is -0.148. The molecule has 0 aliphatic carbocycles. The van der Waals surface area contributed by atoms with Gasteiger partial charge in [-0.25, -0.2) is 9.97 Å². The first kappa shape index (κ1) is 20.8. The molecule has 0 unspecified atom stereocenters. The topological polar surface area (TPSA) is 78.0 Å². The minimum Gasteiger partial charge on any atom is -0.361 e. The molecule has 0 bridgehead atoms. The largest absolute Gasteiger partial charge is 0.361 e. The van der Waals surface area contributed by atoms with Crippen molar-refractivity contribution in [2.75, 3.05) is 24.5 Å². The second kappa shape index (κ2) is 8.56. The van der Waals surface area contributed by atoms with Gasteiger partial charge in [0.25, 0.3) is 0 Å². The van der Waals surface area contributed by atoms with Crippen LogP contribution >= 0.6 is 0 Å². The first-order chi connectivity index (χ1) is 16.7. The number of rotatable bonds is 4. The number of fused-ring (bicyclic) bond motifs is 1. The summed E-state index contributed by atoms with van der Waals surface area (Å²) in [6.45, 7) is 3.10. The number of aromatic nitrogens is 4. The molecule has 4 aromatic rings. The van der Waals surface area contributed by atoms with Crippen LogP contribution in [0.5, 0.6) is 0 Å². The quantitative estimate of drug-likeness (QED) is 0.496. The van der Waals surface area contributed by atoms with Crippen LogP contribution < -0.4 is 4.90 Å². The number of nitrogens with zero attached hydrogens (tertiary/aromatic N) is 5. The van der Waals surface area contributed by atoms with E-state index in [-0.39, 0.29) is 5.41 Å². The maximum absolute atomic E-state index is 13.7. The van der Waals surface area contributed by atoms with Gasteiger partial charge in [-0.05, 0) is 55.5 Å². The Balaban J connectivity index is 1.16. The molecule has 1 aromatic carbocycles. The predicted octanol–water partition coefficient (Wildman–Crippen LogP) is 4.43. The van der Waals surface area contributed by atoms with Crippen LogP contribution in [0, 0.1) is 5.41 Å². The fourth-order valence-electron chi connectivity index (χ4n) is 5.55. The molecule has 1 N–H and O–H groups in total. The Labute approximate surface area is 198 Å². The van der Waals surface area contributed by atoms with Crippen LogP contribution in [0.3, 0.4) is 0 Å². The molecule has 2 aliphatic heterocycles. The smallest absolute Gasteiger partial charge is 0.229 e. The van der Waals surface area contributed by atoms with Crippen LogP contribution in [0.4, 0.5) is 5.95 Å². The second-order valence-corrected chi connectivity index (χ2v) is 9.43. The zero-order valence-corrected chi connectivity index (χ0v) is 19.2.